The molecular formula is C11H16FNO. The molecule has 1 rings (SSSR count). The Hall–Kier alpha value is -0.930. The molecule has 2 nitrogen and oxygen atoms in total. The fourth-order valence-corrected chi connectivity index (χ4v) is 1.49. The molecule has 0 bridgehead atoms. The van der Waals surface area contributed by atoms with Gasteiger partial charge in [-0.3, -0.25) is 0 Å². The molecule has 1 aromatic carbocycles. The van der Waals surface area contributed by atoms with E-state index in [4.69, 9.17) is 10.5 Å². The van der Waals surface area contributed by atoms with Crippen molar-refractivity contribution in [1.82, 2.24) is 0 Å². The molecule has 14 heavy (non-hydrogen) atoms. The van der Waals surface area contributed by atoms with Crippen LogP contribution in [0.3, 0.4) is 0 Å². The summed E-state index contributed by atoms with van der Waals surface area (Å²) in [6.07, 6.45) is -0.124. The number of hydrogen-bond acceptors (Lipinski definition) is 2. The maximum atomic E-state index is 12.8. The van der Waals surface area contributed by atoms with Gasteiger partial charge < -0.3 is 10.5 Å². The summed E-state index contributed by atoms with van der Waals surface area (Å²) in [6.45, 7) is 4.81. The number of aryl methyl sites for hydroxylation is 1. The molecule has 0 aliphatic rings. The van der Waals surface area contributed by atoms with Crippen LogP contribution in [0.15, 0.2) is 18.2 Å². The van der Waals surface area contributed by atoms with Crippen molar-refractivity contribution < 1.29 is 9.13 Å². The van der Waals surface area contributed by atoms with Crippen LogP contribution in [0.4, 0.5) is 4.39 Å². The first-order valence-corrected chi connectivity index (χ1v) is 4.76. The van der Waals surface area contributed by atoms with Crippen LogP contribution >= 0.6 is 0 Å². The first-order valence-electron chi connectivity index (χ1n) is 4.76. The largest absolute Gasteiger partial charge is 0.372 e. The van der Waals surface area contributed by atoms with Crippen molar-refractivity contribution in [1.29, 1.82) is 0 Å². The number of hydrogen-bond donors (Lipinski definition) is 1. The zero-order valence-corrected chi connectivity index (χ0v) is 8.59. The standard InChI is InChI=1S/C11H16FNO/c1-3-14-11(7-13)10-5-4-9(12)6-8(10)2/h4-6,11H,3,7,13H2,1-2H3. The Morgan fingerprint density at radius 1 is 1.50 bits per heavy atom. The average molecular weight is 197 g/mol. The molecule has 0 aromatic heterocycles. The molecule has 0 saturated heterocycles. The number of benzene rings is 1. The van der Waals surface area contributed by atoms with Crippen molar-refractivity contribution in [2.45, 2.75) is 20.0 Å². The monoisotopic (exact) mass is 197 g/mol. The fourth-order valence-electron chi connectivity index (χ4n) is 1.49. The Balaban J connectivity index is 2.92. The SMILES string of the molecule is CCOC(CN)c1ccc(F)cc1C. The Labute approximate surface area is 83.9 Å². The molecule has 0 aliphatic heterocycles. The van der Waals surface area contributed by atoms with Gasteiger partial charge in [-0.1, -0.05) is 6.07 Å². The van der Waals surface area contributed by atoms with Gasteiger partial charge in [-0.15, -0.1) is 0 Å². The lowest BCUT2D eigenvalue weighted by Gasteiger charge is -2.17. The van der Waals surface area contributed by atoms with E-state index < -0.39 is 0 Å². The minimum Gasteiger partial charge on any atom is -0.372 e. The van der Waals surface area contributed by atoms with Gasteiger partial charge in [0.15, 0.2) is 0 Å². The molecule has 0 fully saturated rings. The zero-order chi connectivity index (χ0) is 10.6. The second kappa shape index (κ2) is 5.08. The number of ether oxygens (including phenoxy) is 1. The van der Waals surface area contributed by atoms with E-state index in [9.17, 15) is 4.39 Å². The summed E-state index contributed by atoms with van der Waals surface area (Å²) in [5.74, 6) is -0.224. The van der Waals surface area contributed by atoms with Gasteiger partial charge in [0, 0.05) is 13.2 Å². The Bertz CT molecular complexity index is 301. The van der Waals surface area contributed by atoms with Gasteiger partial charge in [0.25, 0.3) is 0 Å². The topological polar surface area (TPSA) is 35.2 Å². The summed E-state index contributed by atoms with van der Waals surface area (Å²) in [7, 11) is 0. The van der Waals surface area contributed by atoms with E-state index in [1.165, 1.54) is 12.1 Å². The maximum Gasteiger partial charge on any atom is 0.123 e. The molecule has 2 N–H and O–H groups in total. The minimum absolute atomic E-state index is 0.124. The summed E-state index contributed by atoms with van der Waals surface area (Å²) < 4.78 is 18.3. The fraction of sp³-hybridized carbons (Fsp3) is 0.455. The van der Waals surface area contributed by atoms with Crippen LogP contribution in [0.25, 0.3) is 0 Å². The Morgan fingerprint density at radius 3 is 2.71 bits per heavy atom. The van der Waals surface area contributed by atoms with Crippen LogP contribution in [0.1, 0.15) is 24.2 Å². The normalized spacial score (nSPS) is 12.9. The lowest BCUT2D eigenvalue weighted by molar-refractivity contribution is 0.0684. The van der Waals surface area contributed by atoms with Crippen LogP contribution in [-0.2, 0) is 4.74 Å². The van der Waals surface area contributed by atoms with E-state index in [0.29, 0.717) is 13.2 Å². The van der Waals surface area contributed by atoms with Crippen molar-refractivity contribution >= 4 is 0 Å². The molecule has 0 spiro atoms. The van der Waals surface area contributed by atoms with Crippen LogP contribution in [0.2, 0.25) is 0 Å². The first kappa shape index (κ1) is 11.1. The molecular weight excluding hydrogens is 181 g/mol. The molecule has 3 heteroatoms. The van der Waals surface area contributed by atoms with Crippen molar-refractivity contribution in [3.63, 3.8) is 0 Å². The third-order valence-electron chi connectivity index (χ3n) is 2.16. The summed E-state index contributed by atoms with van der Waals surface area (Å²) >= 11 is 0. The lowest BCUT2D eigenvalue weighted by atomic mass is 10.0. The van der Waals surface area contributed by atoms with Crippen molar-refractivity contribution in [3.8, 4) is 0 Å². The summed E-state index contributed by atoms with van der Waals surface area (Å²) in [6, 6.07) is 4.67. The van der Waals surface area contributed by atoms with E-state index in [0.717, 1.165) is 11.1 Å². The molecule has 1 unspecified atom stereocenters. The van der Waals surface area contributed by atoms with E-state index in [1.807, 2.05) is 13.8 Å². The maximum absolute atomic E-state index is 12.8. The van der Waals surface area contributed by atoms with Gasteiger partial charge in [-0.05, 0) is 37.1 Å². The van der Waals surface area contributed by atoms with Crippen molar-refractivity contribution in [2.75, 3.05) is 13.2 Å². The third kappa shape index (κ3) is 2.53. The van der Waals surface area contributed by atoms with Gasteiger partial charge in [0.1, 0.15) is 5.82 Å². The van der Waals surface area contributed by atoms with Gasteiger partial charge in [0.05, 0.1) is 6.10 Å². The van der Waals surface area contributed by atoms with Crippen LogP contribution in [-0.4, -0.2) is 13.2 Å². The Morgan fingerprint density at radius 2 is 2.21 bits per heavy atom. The first-order chi connectivity index (χ1) is 6.69. The minimum atomic E-state index is -0.224. The van der Waals surface area contributed by atoms with E-state index in [-0.39, 0.29) is 11.9 Å². The third-order valence-corrected chi connectivity index (χ3v) is 2.16. The van der Waals surface area contributed by atoms with Gasteiger partial charge in [-0.25, -0.2) is 4.39 Å². The van der Waals surface area contributed by atoms with Gasteiger partial charge in [0.2, 0.25) is 0 Å². The molecule has 0 radical (unpaired) electrons. The second-order valence-corrected chi connectivity index (χ2v) is 3.18. The highest BCUT2D eigenvalue weighted by Crippen LogP contribution is 2.20. The lowest BCUT2D eigenvalue weighted by Crippen LogP contribution is -2.16. The average Bonchev–Trinajstić information content (AvgIpc) is 2.15. The molecule has 1 atom stereocenters. The van der Waals surface area contributed by atoms with E-state index >= 15 is 0 Å². The Kier molecular flexibility index (Phi) is 4.04. The van der Waals surface area contributed by atoms with E-state index in [2.05, 4.69) is 0 Å². The molecule has 0 heterocycles. The smallest absolute Gasteiger partial charge is 0.123 e. The van der Waals surface area contributed by atoms with Crippen LogP contribution in [0.5, 0.6) is 0 Å². The highest BCUT2D eigenvalue weighted by atomic mass is 19.1. The summed E-state index contributed by atoms with van der Waals surface area (Å²) in [5.41, 5.74) is 7.43. The van der Waals surface area contributed by atoms with Crippen LogP contribution < -0.4 is 5.73 Å². The predicted molar refractivity (Wildman–Crippen MR) is 54.6 cm³/mol. The van der Waals surface area contributed by atoms with Gasteiger partial charge >= 0.3 is 0 Å². The molecule has 0 amide bonds. The van der Waals surface area contributed by atoms with E-state index in [1.54, 1.807) is 6.07 Å². The number of nitrogens with two attached hydrogens (primary N) is 1. The quantitative estimate of drug-likeness (QED) is 0.802. The summed E-state index contributed by atoms with van der Waals surface area (Å²) in [4.78, 5) is 0. The number of rotatable bonds is 4. The zero-order valence-electron chi connectivity index (χ0n) is 8.59. The molecule has 0 aliphatic carbocycles. The predicted octanol–water partition coefficient (Wildman–Crippen LogP) is 2.17. The summed E-state index contributed by atoms with van der Waals surface area (Å²) in [5, 5.41) is 0. The van der Waals surface area contributed by atoms with Gasteiger partial charge in [-0.2, -0.15) is 0 Å². The van der Waals surface area contributed by atoms with Crippen molar-refractivity contribution in [3.05, 3.63) is 35.1 Å². The number of halogens is 1. The highest BCUT2D eigenvalue weighted by Gasteiger charge is 2.11. The molecule has 0 saturated carbocycles. The molecule has 78 valence electrons. The van der Waals surface area contributed by atoms with Crippen molar-refractivity contribution in [2.24, 2.45) is 5.73 Å². The second-order valence-electron chi connectivity index (χ2n) is 3.18. The van der Waals surface area contributed by atoms with Crippen LogP contribution in [0, 0.1) is 12.7 Å². The molecule has 1 aromatic rings. The highest BCUT2D eigenvalue weighted by molar-refractivity contribution is 5.28.